The van der Waals surface area contributed by atoms with Crippen molar-refractivity contribution in [1.29, 1.82) is 5.26 Å². The molecule has 0 atom stereocenters. The summed E-state index contributed by atoms with van der Waals surface area (Å²) in [5.41, 5.74) is 1.24. The van der Waals surface area contributed by atoms with Crippen LogP contribution in [-0.2, 0) is 0 Å². The zero-order valence-electron chi connectivity index (χ0n) is 10.4. The zero-order chi connectivity index (χ0) is 13.2. The van der Waals surface area contributed by atoms with Gasteiger partial charge in [0, 0.05) is 24.7 Å². The summed E-state index contributed by atoms with van der Waals surface area (Å²) in [4.78, 5) is 11.0. The SMILES string of the molecule is N#Cc1cc2cc(Cl)cnc2nc1N1CCCCC1. The second-order valence-electron chi connectivity index (χ2n) is 4.72. The van der Waals surface area contributed by atoms with Gasteiger partial charge in [0.2, 0.25) is 0 Å². The molecule has 96 valence electrons. The van der Waals surface area contributed by atoms with Gasteiger partial charge in [-0.1, -0.05) is 11.6 Å². The second-order valence-corrected chi connectivity index (χ2v) is 5.16. The van der Waals surface area contributed by atoms with Crippen molar-refractivity contribution >= 4 is 28.5 Å². The number of aromatic nitrogens is 2. The van der Waals surface area contributed by atoms with Crippen LogP contribution in [0.2, 0.25) is 5.02 Å². The molecule has 3 rings (SSSR count). The van der Waals surface area contributed by atoms with E-state index in [1.165, 1.54) is 6.42 Å². The number of fused-ring (bicyclic) bond motifs is 1. The van der Waals surface area contributed by atoms with Gasteiger partial charge in [0.25, 0.3) is 0 Å². The van der Waals surface area contributed by atoms with Crippen molar-refractivity contribution in [1.82, 2.24) is 9.97 Å². The van der Waals surface area contributed by atoms with Gasteiger partial charge in [-0.3, -0.25) is 0 Å². The third kappa shape index (κ3) is 2.34. The first-order chi connectivity index (χ1) is 9.28. The van der Waals surface area contributed by atoms with E-state index in [1.54, 1.807) is 12.3 Å². The molecule has 0 N–H and O–H groups in total. The van der Waals surface area contributed by atoms with Crippen molar-refractivity contribution in [2.75, 3.05) is 18.0 Å². The van der Waals surface area contributed by atoms with Gasteiger partial charge in [-0.15, -0.1) is 0 Å². The molecule has 2 aromatic heterocycles. The van der Waals surface area contributed by atoms with Gasteiger partial charge in [-0.2, -0.15) is 5.26 Å². The number of piperidine rings is 1. The molecule has 1 aliphatic rings. The molecule has 0 unspecified atom stereocenters. The Morgan fingerprint density at radius 2 is 2.00 bits per heavy atom. The molecule has 0 radical (unpaired) electrons. The molecule has 0 aromatic carbocycles. The van der Waals surface area contributed by atoms with Gasteiger partial charge in [0.15, 0.2) is 5.65 Å². The lowest BCUT2D eigenvalue weighted by Crippen LogP contribution is -2.30. The normalized spacial score (nSPS) is 15.5. The standard InChI is InChI=1S/C14H13ClN4/c15-12-7-10-6-11(8-16)14(18-13(10)17-9-12)19-4-2-1-3-5-19/h6-7,9H,1-5H2. The fourth-order valence-corrected chi connectivity index (χ4v) is 2.62. The monoisotopic (exact) mass is 272 g/mol. The molecule has 19 heavy (non-hydrogen) atoms. The van der Waals surface area contributed by atoms with Crippen molar-refractivity contribution in [3.8, 4) is 6.07 Å². The number of nitrogens with zero attached hydrogens (tertiary/aromatic N) is 4. The van der Waals surface area contributed by atoms with Crippen LogP contribution in [0.3, 0.4) is 0 Å². The van der Waals surface area contributed by atoms with E-state index in [9.17, 15) is 5.26 Å². The molecule has 3 heterocycles. The average molecular weight is 273 g/mol. The van der Waals surface area contributed by atoms with E-state index in [1.807, 2.05) is 6.07 Å². The Kier molecular flexibility index (Phi) is 3.22. The number of hydrogen-bond acceptors (Lipinski definition) is 4. The molecule has 5 heteroatoms. The summed E-state index contributed by atoms with van der Waals surface area (Å²) in [6, 6.07) is 5.84. The molecule has 0 bridgehead atoms. The maximum absolute atomic E-state index is 9.31. The highest BCUT2D eigenvalue weighted by Crippen LogP contribution is 2.26. The lowest BCUT2D eigenvalue weighted by atomic mass is 10.1. The highest BCUT2D eigenvalue weighted by molar-refractivity contribution is 6.31. The number of anilines is 1. The molecule has 4 nitrogen and oxygen atoms in total. The molecule has 0 aliphatic carbocycles. The van der Waals surface area contributed by atoms with Crippen molar-refractivity contribution in [2.45, 2.75) is 19.3 Å². The fourth-order valence-electron chi connectivity index (χ4n) is 2.46. The van der Waals surface area contributed by atoms with Crippen LogP contribution in [0.1, 0.15) is 24.8 Å². The molecule has 1 saturated heterocycles. The summed E-state index contributed by atoms with van der Waals surface area (Å²) in [5.74, 6) is 0.754. The van der Waals surface area contributed by atoms with Crippen LogP contribution < -0.4 is 4.90 Å². The van der Waals surface area contributed by atoms with Crippen LogP contribution in [0.25, 0.3) is 11.0 Å². The molecular formula is C14H13ClN4. The number of pyridine rings is 2. The first-order valence-electron chi connectivity index (χ1n) is 6.39. The highest BCUT2D eigenvalue weighted by Gasteiger charge is 2.17. The Hall–Kier alpha value is -1.86. The van der Waals surface area contributed by atoms with Gasteiger partial charge in [0.05, 0.1) is 10.6 Å². The van der Waals surface area contributed by atoms with Crippen LogP contribution in [0.15, 0.2) is 18.3 Å². The quantitative estimate of drug-likeness (QED) is 0.800. The largest absolute Gasteiger partial charge is 0.355 e. The Morgan fingerprint density at radius 3 is 2.74 bits per heavy atom. The van der Waals surface area contributed by atoms with E-state index in [0.717, 1.165) is 37.1 Å². The molecule has 2 aromatic rings. The van der Waals surface area contributed by atoms with Crippen LogP contribution >= 0.6 is 11.6 Å². The minimum absolute atomic E-state index is 0.559. The number of nitriles is 1. The van der Waals surface area contributed by atoms with Gasteiger partial charge in [-0.05, 0) is 31.4 Å². The number of rotatable bonds is 1. The summed E-state index contributed by atoms with van der Waals surface area (Å²) in [6.07, 6.45) is 5.14. The molecular weight excluding hydrogens is 260 g/mol. The lowest BCUT2D eigenvalue weighted by molar-refractivity contribution is 0.573. The van der Waals surface area contributed by atoms with E-state index in [4.69, 9.17) is 11.6 Å². The van der Waals surface area contributed by atoms with E-state index in [-0.39, 0.29) is 0 Å². The predicted molar refractivity (Wildman–Crippen MR) is 75.3 cm³/mol. The van der Waals surface area contributed by atoms with Gasteiger partial charge in [0.1, 0.15) is 11.9 Å². The topological polar surface area (TPSA) is 52.8 Å². The van der Waals surface area contributed by atoms with Crippen LogP contribution in [0, 0.1) is 11.3 Å². The predicted octanol–water partition coefficient (Wildman–Crippen LogP) is 3.15. The second kappa shape index (κ2) is 5.02. The van der Waals surface area contributed by atoms with Crippen molar-refractivity contribution in [3.63, 3.8) is 0 Å². The van der Waals surface area contributed by atoms with Crippen molar-refractivity contribution in [2.24, 2.45) is 0 Å². The highest BCUT2D eigenvalue weighted by atomic mass is 35.5. The minimum Gasteiger partial charge on any atom is -0.355 e. The summed E-state index contributed by atoms with van der Waals surface area (Å²) >= 11 is 5.92. The number of halogens is 1. The summed E-state index contributed by atoms with van der Waals surface area (Å²) in [6.45, 7) is 1.92. The fraction of sp³-hybridized carbons (Fsp3) is 0.357. The maximum atomic E-state index is 9.31. The number of hydrogen-bond donors (Lipinski definition) is 0. The molecule has 0 amide bonds. The van der Waals surface area contributed by atoms with Crippen molar-refractivity contribution < 1.29 is 0 Å². The Labute approximate surface area is 116 Å². The summed E-state index contributed by atoms with van der Waals surface area (Å²) in [5, 5.41) is 10.7. The minimum atomic E-state index is 0.559. The molecule has 1 aliphatic heterocycles. The van der Waals surface area contributed by atoms with Crippen LogP contribution in [-0.4, -0.2) is 23.1 Å². The van der Waals surface area contributed by atoms with E-state index >= 15 is 0 Å². The van der Waals surface area contributed by atoms with E-state index in [2.05, 4.69) is 20.9 Å². The smallest absolute Gasteiger partial charge is 0.161 e. The van der Waals surface area contributed by atoms with Gasteiger partial charge >= 0.3 is 0 Å². The van der Waals surface area contributed by atoms with Gasteiger partial charge < -0.3 is 4.90 Å². The van der Waals surface area contributed by atoms with Gasteiger partial charge in [-0.25, -0.2) is 9.97 Å². The lowest BCUT2D eigenvalue weighted by Gasteiger charge is -2.28. The third-order valence-electron chi connectivity index (χ3n) is 3.39. The third-order valence-corrected chi connectivity index (χ3v) is 3.60. The first kappa shape index (κ1) is 12.2. The van der Waals surface area contributed by atoms with Crippen LogP contribution in [0.4, 0.5) is 5.82 Å². The Balaban J connectivity index is 2.12. The van der Waals surface area contributed by atoms with Crippen LogP contribution in [0.5, 0.6) is 0 Å². The summed E-state index contributed by atoms with van der Waals surface area (Å²) < 4.78 is 0. The van der Waals surface area contributed by atoms with E-state index in [0.29, 0.717) is 16.2 Å². The Morgan fingerprint density at radius 1 is 1.21 bits per heavy atom. The average Bonchev–Trinajstić information content (AvgIpc) is 2.46. The zero-order valence-corrected chi connectivity index (χ0v) is 11.2. The molecule has 1 fully saturated rings. The maximum Gasteiger partial charge on any atom is 0.161 e. The molecule has 0 saturated carbocycles. The molecule has 0 spiro atoms. The van der Waals surface area contributed by atoms with Crippen molar-refractivity contribution in [3.05, 3.63) is 28.9 Å². The van der Waals surface area contributed by atoms with E-state index < -0.39 is 0 Å². The first-order valence-corrected chi connectivity index (χ1v) is 6.77. The Bertz CT molecular complexity index is 656. The summed E-state index contributed by atoms with van der Waals surface area (Å²) in [7, 11) is 0.